The minimum atomic E-state index is -0.557. The Balaban J connectivity index is 3.09. The average Bonchev–Trinajstić information content (AvgIpc) is 2.28. The number of esters is 1. The summed E-state index contributed by atoms with van der Waals surface area (Å²) >= 11 is 0. The van der Waals surface area contributed by atoms with Crippen LogP contribution in [0.5, 0.6) is 0 Å². The van der Waals surface area contributed by atoms with E-state index in [1.54, 1.807) is 4.90 Å². The first-order chi connectivity index (χ1) is 9.77. The van der Waals surface area contributed by atoms with Gasteiger partial charge in [0.05, 0.1) is 19.6 Å². The van der Waals surface area contributed by atoms with Gasteiger partial charge in [-0.2, -0.15) is 0 Å². The summed E-state index contributed by atoms with van der Waals surface area (Å²) in [5, 5.41) is 0. The molecule has 0 aromatic carbocycles. The van der Waals surface area contributed by atoms with Crippen LogP contribution in [0.2, 0.25) is 0 Å². The van der Waals surface area contributed by atoms with Crippen LogP contribution in [0.25, 0.3) is 0 Å². The second-order valence-corrected chi connectivity index (χ2v) is 8.73. The number of ether oxygens (including phenoxy) is 2. The molecule has 0 aromatic heterocycles. The summed E-state index contributed by atoms with van der Waals surface area (Å²) in [7, 11) is 1.37. The summed E-state index contributed by atoms with van der Waals surface area (Å²) in [5.74, 6) is -0.300. The summed E-state index contributed by atoms with van der Waals surface area (Å²) < 4.78 is 10.4. The quantitative estimate of drug-likeness (QED) is 0.731. The van der Waals surface area contributed by atoms with Crippen molar-refractivity contribution in [3.05, 3.63) is 0 Å². The number of methoxy groups -OCH3 is 1. The van der Waals surface area contributed by atoms with Gasteiger partial charge in [0, 0.05) is 6.54 Å². The molecule has 5 heteroatoms. The molecule has 1 amide bonds. The van der Waals surface area contributed by atoms with Crippen LogP contribution in [-0.4, -0.2) is 42.3 Å². The number of piperidine rings is 1. The van der Waals surface area contributed by atoms with E-state index in [0.717, 1.165) is 6.42 Å². The lowest BCUT2D eigenvalue weighted by Crippen LogP contribution is -2.59. The molecule has 1 heterocycles. The van der Waals surface area contributed by atoms with Crippen LogP contribution in [0.4, 0.5) is 4.79 Å². The zero-order valence-electron chi connectivity index (χ0n) is 15.3. The molecule has 0 saturated carbocycles. The van der Waals surface area contributed by atoms with E-state index in [1.807, 2.05) is 20.8 Å². The highest BCUT2D eigenvalue weighted by Crippen LogP contribution is 2.45. The van der Waals surface area contributed by atoms with Crippen molar-refractivity contribution in [1.82, 2.24) is 4.90 Å². The summed E-state index contributed by atoms with van der Waals surface area (Å²) in [6.07, 6.45) is 0.766. The molecule has 1 atom stereocenters. The number of rotatable bonds is 2. The molecule has 5 nitrogen and oxygen atoms in total. The highest BCUT2D eigenvalue weighted by molar-refractivity contribution is 5.73. The Morgan fingerprint density at radius 1 is 1.18 bits per heavy atom. The fraction of sp³-hybridized carbons (Fsp3) is 0.882. The molecular formula is C17H31NO4. The Morgan fingerprint density at radius 2 is 1.73 bits per heavy atom. The predicted octanol–water partition coefficient (Wildman–Crippen LogP) is 3.61. The lowest BCUT2D eigenvalue weighted by atomic mass is 9.66. The number of hydrogen-bond donors (Lipinski definition) is 0. The highest BCUT2D eigenvalue weighted by atomic mass is 16.6. The standard InChI is InChI=1S/C17H31NO4/c1-15(2,3)22-14(20)18-11-16(4,5)10-17(6,7)12(18)9-13(19)21-8/h12H,9-11H2,1-8H3. The van der Waals surface area contributed by atoms with Crippen molar-refractivity contribution in [3.8, 4) is 0 Å². The minimum absolute atomic E-state index is 0.0208. The van der Waals surface area contributed by atoms with E-state index in [0.29, 0.717) is 6.54 Å². The molecule has 0 spiro atoms. The third-order valence-electron chi connectivity index (χ3n) is 4.03. The maximum Gasteiger partial charge on any atom is 0.410 e. The minimum Gasteiger partial charge on any atom is -0.469 e. The van der Waals surface area contributed by atoms with Gasteiger partial charge in [0.1, 0.15) is 5.60 Å². The van der Waals surface area contributed by atoms with E-state index in [2.05, 4.69) is 27.7 Å². The average molecular weight is 313 g/mol. The van der Waals surface area contributed by atoms with Crippen LogP contribution in [0.15, 0.2) is 0 Å². The van der Waals surface area contributed by atoms with Crippen molar-refractivity contribution in [2.75, 3.05) is 13.7 Å². The Kier molecular flexibility index (Phi) is 5.20. The number of hydrogen-bond acceptors (Lipinski definition) is 4. The third-order valence-corrected chi connectivity index (χ3v) is 4.03. The Labute approximate surface area is 134 Å². The Bertz CT molecular complexity index is 434. The first kappa shape index (κ1) is 18.8. The summed E-state index contributed by atoms with van der Waals surface area (Å²) in [4.78, 5) is 26.1. The molecule has 1 saturated heterocycles. The molecule has 128 valence electrons. The van der Waals surface area contributed by atoms with Gasteiger partial charge < -0.3 is 14.4 Å². The van der Waals surface area contributed by atoms with Crippen molar-refractivity contribution in [2.24, 2.45) is 10.8 Å². The van der Waals surface area contributed by atoms with Gasteiger partial charge in [0.15, 0.2) is 0 Å². The van der Waals surface area contributed by atoms with Crippen molar-refractivity contribution < 1.29 is 19.1 Å². The summed E-state index contributed by atoms with van der Waals surface area (Å²) in [5.41, 5.74) is -0.765. The van der Waals surface area contributed by atoms with Gasteiger partial charge >= 0.3 is 12.1 Å². The molecule has 1 fully saturated rings. The Morgan fingerprint density at radius 3 is 2.18 bits per heavy atom. The number of carbonyl (C=O) groups is 2. The fourth-order valence-electron chi connectivity index (χ4n) is 3.54. The highest BCUT2D eigenvalue weighted by Gasteiger charge is 2.48. The number of amides is 1. The van der Waals surface area contributed by atoms with Gasteiger partial charge in [0.25, 0.3) is 0 Å². The maximum atomic E-state index is 12.6. The molecule has 1 rings (SSSR count). The molecular weight excluding hydrogens is 282 g/mol. The van der Waals surface area contributed by atoms with Crippen LogP contribution in [-0.2, 0) is 14.3 Å². The maximum absolute atomic E-state index is 12.6. The van der Waals surface area contributed by atoms with E-state index in [-0.39, 0.29) is 35.4 Å². The molecule has 1 aliphatic rings. The van der Waals surface area contributed by atoms with E-state index < -0.39 is 5.60 Å². The fourth-order valence-corrected chi connectivity index (χ4v) is 3.54. The van der Waals surface area contributed by atoms with Gasteiger partial charge in [-0.05, 0) is 38.0 Å². The smallest absolute Gasteiger partial charge is 0.410 e. The lowest BCUT2D eigenvalue weighted by molar-refractivity contribution is -0.145. The van der Waals surface area contributed by atoms with Crippen LogP contribution >= 0.6 is 0 Å². The molecule has 0 N–H and O–H groups in total. The first-order valence-electron chi connectivity index (χ1n) is 7.84. The number of nitrogens with zero attached hydrogens (tertiary/aromatic N) is 1. The van der Waals surface area contributed by atoms with Gasteiger partial charge in [-0.25, -0.2) is 4.79 Å². The largest absolute Gasteiger partial charge is 0.469 e. The first-order valence-corrected chi connectivity index (χ1v) is 7.84. The van der Waals surface area contributed by atoms with Crippen LogP contribution in [0.1, 0.15) is 61.3 Å². The van der Waals surface area contributed by atoms with Crippen molar-refractivity contribution in [3.63, 3.8) is 0 Å². The van der Waals surface area contributed by atoms with Crippen molar-refractivity contribution in [2.45, 2.75) is 73.0 Å². The molecule has 22 heavy (non-hydrogen) atoms. The normalized spacial score (nSPS) is 23.8. The van der Waals surface area contributed by atoms with Gasteiger partial charge in [-0.15, -0.1) is 0 Å². The van der Waals surface area contributed by atoms with Gasteiger partial charge in [0.2, 0.25) is 0 Å². The molecule has 0 radical (unpaired) electrons. The zero-order chi connectivity index (χ0) is 17.3. The molecule has 0 aliphatic carbocycles. The number of carbonyl (C=O) groups excluding carboxylic acids is 2. The van der Waals surface area contributed by atoms with E-state index in [1.165, 1.54) is 7.11 Å². The molecule has 0 bridgehead atoms. The summed E-state index contributed by atoms with van der Waals surface area (Å²) in [6.45, 7) is 14.6. The molecule has 0 aromatic rings. The Hall–Kier alpha value is -1.26. The molecule has 1 unspecified atom stereocenters. The van der Waals surface area contributed by atoms with Gasteiger partial charge in [-0.1, -0.05) is 27.7 Å². The van der Waals surface area contributed by atoms with Crippen molar-refractivity contribution >= 4 is 12.1 Å². The predicted molar refractivity (Wildman–Crippen MR) is 85.5 cm³/mol. The second kappa shape index (κ2) is 6.09. The van der Waals surface area contributed by atoms with E-state index in [4.69, 9.17) is 9.47 Å². The van der Waals surface area contributed by atoms with Crippen molar-refractivity contribution in [1.29, 1.82) is 0 Å². The second-order valence-electron chi connectivity index (χ2n) is 8.73. The topological polar surface area (TPSA) is 55.8 Å². The number of likely N-dealkylation sites (tertiary alicyclic amines) is 1. The van der Waals surface area contributed by atoms with E-state index >= 15 is 0 Å². The third kappa shape index (κ3) is 4.89. The lowest BCUT2D eigenvalue weighted by Gasteiger charge is -2.52. The van der Waals surface area contributed by atoms with Crippen LogP contribution < -0.4 is 0 Å². The molecule has 1 aliphatic heterocycles. The summed E-state index contributed by atoms with van der Waals surface area (Å²) in [6, 6.07) is -0.220. The SMILES string of the molecule is COC(=O)CC1N(C(=O)OC(C)(C)C)CC(C)(C)CC1(C)C. The van der Waals surface area contributed by atoms with E-state index in [9.17, 15) is 9.59 Å². The van der Waals surface area contributed by atoms with Crippen LogP contribution in [0, 0.1) is 10.8 Å². The monoisotopic (exact) mass is 313 g/mol. The zero-order valence-corrected chi connectivity index (χ0v) is 15.3. The van der Waals surface area contributed by atoms with Gasteiger partial charge in [-0.3, -0.25) is 4.79 Å². The van der Waals surface area contributed by atoms with Crippen LogP contribution in [0.3, 0.4) is 0 Å².